The third kappa shape index (κ3) is 8.30. The predicted octanol–water partition coefficient (Wildman–Crippen LogP) is 4.64. The molecule has 11 nitrogen and oxygen atoms in total. The number of hydrogen-bond acceptors (Lipinski definition) is 9. The Hall–Kier alpha value is -3.62. The Kier molecular flexibility index (Phi) is 10.1. The summed E-state index contributed by atoms with van der Waals surface area (Å²) < 4.78 is 11.6. The standard InChI is InChI=1S/C32H42ClN7O4/c1-32(2,3)44-31(42)40-12-10-25(11-13-40)38-14-16-39(17-15-38)30-35-20-23(21-36-30)29(41)37-24-5-8-26(9-6-24)43-27-7-4-22(19-34)28(33)18-27/h4,7,18,20-21,24-26H,5-6,8-17H2,1-3H3,(H,37,41). The van der Waals surface area contributed by atoms with Gasteiger partial charge in [0.2, 0.25) is 5.95 Å². The van der Waals surface area contributed by atoms with E-state index in [4.69, 9.17) is 26.3 Å². The first-order chi connectivity index (χ1) is 21.1. The maximum Gasteiger partial charge on any atom is 0.410 e. The molecule has 0 atom stereocenters. The number of rotatable bonds is 6. The van der Waals surface area contributed by atoms with Crippen molar-refractivity contribution in [1.82, 2.24) is 25.1 Å². The number of aromatic nitrogens is 2. The third-order valence-corrected chi connectivity index (χ3v) is 8.82. The number of amides is 2. The number of hydrogen-bond donors (Lipinski definition) is 1. The summed E-state index contributed by atoms with van der Waals surface area (Å²) in [6, 6.07) is 7.68. The molecule has 2 aromatic rings. The number of carbonyl (C=O) groups excluding carboxylic acids is 2. The zero-order valence-electron chi connectivity index (χ0n) is 25.8. The van der Waals surface area contributed by atoms with E-state index in [1.165, 1.54) is 0 Å². The van der Waals surface area contributed by atoms with Gasteiger partial charge in [-0.3, -0.25) is 9.69 Å². The lowest BCUT2D eigenvalue weighted by atomic mass is 9.92. The number of nitrogens with zero attached hydrogens (tertiary/aromatic N) is 6. The van der Waals surface area contributed by atoms with Crippen molar-refractivity contribution < 1.29 is 19.1 Å². The molecule has 0 bridgehead atoms. The van der Waals surface area contributed by atoms with Crippen LogP contribution in [0.4, 0.5) is 10.7 Å². The number of benzene rings is 1. The Morgan fingerprint density at radius 2 is 1.64 bits per heavy atom. The van der Waals surface area contributed by atoms with Crippen LogP contribution in [-0.4, -0.2) is 94.8 Å². The number of ether oxygens (including phenoxy) is 2. The smallest absolute Gasteiger partial charge is 0.410 e. The minimum atomic E-state index is -0.477. The van der Waals surface area contributed by atoms with Crippen LogP contribution in [0, 0.1) is 11.3 Å². The average Bonchev–Trinajstić information content (AvgIpc) is 3.01. The lowest BCUT2D eigenvalue weighted by molar-refractivity contribution is 0.0139. The fourth-order valence-electron chi connectivity index (χ4n) is 6.07. The molecule has 3 fully saturated rings. The fraction of sp³-hybridized carbons (Fsp3) is 0.594. The number of nitrogens with one attached hydrogen (secondary N) is 1. The quantitative estimate of drug-likeness (QED) is 0.490. The highest BCUT2D eigenvalue weighted by Crippen LogP contribution is 2.28. The van der Waals surface area contributed by atoms with E-state index in [-0.39, 0.29) is 24.1 Å². The lowest BCUT2D eigenvalue weighted by Gasteiger charge is -2.42. The highest BCUT2D eigenvalue weighted by Gasteiger charge is 2.31. The summed E-state index contributed by atoms with van der Waals surface area (Å²) in [6.07, 6.45) is 8.17. The van der Waals surface area contributed by atoms with Crippen molar-refractivity contribution in [2.45, 2.75) is 83.1 Å². The van der Waals surface area contributed by atoms with Crippen LogP contribution >= 0.6 is 11.6 Å². The number of likely N-dealkylation sites (tertiary alicyclic amines) is 1. The molecule has 1 aromatic carbocycles. The van der Waals surface area contributed by atoms with Crippen LogP contribution < -0.4 is 15.0 Å². The van der Waals surface area contributed by atoms with Crippen LogP contribution in [0.5, 0.6) is 5.75 Å². The van der Waals surface area contributed by atoms with E-state index in [1.807, 2.05) is 25.7 Å². The molecule has 1 aliphatic carbocycles. The Morgan fingerprint density at radius 1 is 0.977 bits per heavy atom. The second-order valence-electron chi connectivity index (χ2n) is 12.8. The Balaban J connectivity index is 1.02. The lowest BCUT2D eigenvalue weighted by Crippen LogP contribution is -2.54. The molecule has 1 N–H and O–H groups in total. The SMILES string of the molecule is CC(C)(C)OC(=O)N1CCC(N2CCN(c3ncc(C(=O)NC4CCC(Oc5ccc(C#N)c(Cl)c5)CC4)cn3)CC2)CC1. The van der Waals surface area contributed by atoms with Gasteiger partial charge in [0.05, 0.1) is 22.3 Å². The third-order valence-electron chi connectivity index (χ3n) is 8.50. The first kappa shape index (κ1) is 31.8. The van der Waals surface area contributed by atoms with E-state index >= 15 is 0 Å². The molecule has 12 heteroatoms. The maximum atomic E-state index is 12.9. The highest BCUT2D eigenvalue weighted by molar-refractivity contribution is 6.31. The first-order valence-electron chi connectivity index (χ1n) is 15.5. The van der Waals surface area contributed by atoms with Gasteiger partial charge in [-0.25, -0.2) is 14.8 Å². The van der Waals surface area contributed by atoms with Crippen molar-refractivity contribution in [3.63, 3.8) is 0 Å². The molecule has 0 spiro atoms. The molecular weight excluding hydrogens is 582 g/mol. The zero-order chi connectivity index (χ0) is 31.3. The summed E-state index contributed by atoms with van der Waals surface area (Å²) in [6.45, 7) is 10.6. The van der Waals surface area contributed by atoms with Crippen LogP contribution in [0.3, 0.4) is 0 Å². The fourth-order valence-corrected chi connectivity index (χ4v) is 6.29. The van der Waals surface area contributed by atoms with E-state index in [0.717, 1.165) is 77.8 Å². The van der Waals surface area contributed by atoms with E-state index in [1.54, 1.807) is 30.6 Å². The summed E-state index contributed by atoms with van der Waals surface area (Å²) in [4.78, 5) is 40.8. The summed E-state index contributed by atoms with van der Waals surface area (Å²) in [7, 11) is 0. The van der Waals surface area contributed by atoms with Gasteiger partial charge in [0.25, 0.3) is 5.91 Å². The van der Waals surface area contributed by atoms with E-state index in [0.29, 0.717) is 33.9 Å². The van der Waals surface area contributed by atoms with Gasteiger partial charge in [-0.05, 0) is 71.4 Å². The van der Waals surface area contributed by atoms with E-state index in [9.17, 15) is 9.59 Å². The number of piperidine rings is 1. The number of piperazine rings is 1. The molecule has 3 heterocycles. The number of halogens is 1. The number of carbonyl (C=O) groups is 2. The minimum Gasteiger partial charge on any atom is -0.490 e. The van der Waals surface area contributed by atoms with E-state index in [2.05, 4.69) is 31.2 Å². The topological polar surface area (TPSA) is 124 Å². The zero-order valence-corrected chi connectivity index (χ0v) is 26.6. The largest absolute Gasteiger partial charge is 0.490 e. The van der Waals surface area contributed by atoms with Crippen molar-refractivity contribution in [3.8, 4) is 11.8 Å². The van der Waals surface area contributed by atoms with Crippen molar-refractivity contribution in [1.29, 1.82) is 5.26 Å². The predicted molar refractivity (Wildman–Crippen MR) is 167 cm³/mol. The maximum absolute atomic E-state index is 12.9. The van der Waals surface area contributed by atoms with Gasteiger partial charge >= 0.3 is 6.09 Å². The molecule has 236 valence electrons. The molecule has 44 heavy (non-hydrogen) atoms. The summed E-state index contributed by atoms with van der Waals surface area (Å²) in [5, 5.41) is 12.6. The molecule has 2 aliphatic heterocycles. The Morgan fingerprint density at radius 3 is 2.23 bits per heavy atom. The number of nitriles is 1. The van der Waals surface area contributed by atoms with Gasteiger partial charge in [0.1, 0.15) is 17.4 Å². The summed E-state index contributed by atoms with van der Waals surface area (Å²) >= 11 is 6.12. The van der Waals surface area contributed by atoms with Gasteiger partial charge in [0.15, 0.2) is 0 Å². The van der Waals surface area contributed by atoms with Gasteiger partial charge in [-0.1, -0.05) is 11.6 Å². The van der Waals surface area contributed by atoms with Crippen LogP contribution in [0.25, 0.3) is 0 Å². The summed E-state index contributed by atoms with van der Waals surface area (Å²) in [5.41, 5.74) is 0.403. The second kappa shape index (κ2) is 14.0. The van der Waals surface area contributed by atoms with Crippen molar-refractivity contribution in [2.24, 2.45) is 0 Å². The molecule has 5 rings (SSSR count). The molecule has 2 amide bonds. The van der Waals surface area contributed by atoms with Crippen molar-refractivity contribution in [3.05, 3.63) is 46.7 Å². The Labute approximate surface area is 264 Å². The number of anilines is 1. The normalized spacial score (nSPS) is 21.8. The molecule has 3 aliphatic rings. The molecule has 0 unspecified atom stereocenters. The van der Waals surface area contributed by atoms with Gasteiger partial charge < -0.3 is 24.6 Å². The highest BCUT2D eigenvalue weighted by atomic mass is 35.5. The molecule has 0 radical (unpaired) electrons. The molecule has 1 aromatic heterocycles. The molecular formula is C32H42ClN7O4. The Bertz CT molecular complexity index is 1340. The molecule has 1 saturated carbocycles. The first-order valence-corrected chi connectivity index (χ1v) is 15.9. The average molecular weight is 624 g/mol. The minimum absolute atomic E-state index is 0.0419. The summed E-state index contributed by atoms with van der Waals surface area (Å²) in [5.74, 6) is 1.13. The molecule has 2 saturated heterocycles. The van der Waals surface area contributed by atoms with Gasteiger partial charge in [-0.2, -0.15) is 5.26 Å². The van der Waals surface area contributed by atoms with Crippen molar-refractivity contribution >= 4 is 29.5 Å². The van der Waals surface area contributed by atoms with Gasteiger partial charge in [0, 0.05) is 69.8 Å². The van der Waals surface area contributed by atoms with Crippen LogP contribution in [-0.2, 0) is 4.74 Å². The van der Waals surface area contributed by atoms with Crippen LogP contribution in [0.15, 0.2) is 30.6 Å². The van der Waals surface area contributed by atoms with E-state index < -0.39 is 5.60 Å². The monoisotopic (exact) mass is 623 g/mol. The van der Waals surface area contributed by atoms with Crippen molar-refractivity contribution in [2.75, 3.05) is 44.2 Å². The van der Waals surface area contributed by atoms with Crippen LogP contribution in [0.1, 0.15) is 75.2 Å². The van der Waals surface area contributed by atoms with Gasteiger partial charge in [-0.15, -0.1) is 0 Å². The second-order valence-corrected chi connectivity index (χ2v) is 13.2. The van der Waals surface area contributed by atoms with Crippen LogP contribution in [0.2, 0.25) is 5.02 Å².